The molecular weight excluding hydrogens is 250 g/mol. The molecule has 2 heterocycles. The van der Waals surface area contributed by atoms with Crippen LogP contribution in [0.3, 0.4) is 0 Å². The van der Waals surface area contributed by atoms with Crippen molar-refractivity contribution in [3.05, 3.63) is 36.2 Å². The zero-order chi connectivity index (χ0) is 14.2. The van der Waals surface area contributed by atoms with Gasteiger partial charge in [0.15, 0.2) is 5.78 Å². The van der Waals surface area contributed by atoms with Gasteiger partial charge in [0.05, 0.1) is 6.10 Å². The van der Waals surface area contributed by atoms with Gasteiger partial charge < -0.3 is 9.64 Å². The Morgan fingerprint density at radius 1 is 1.35 bits per heavy atom. The summed E-state index contributed by atoms with van der Waals surface area (Å²) in [6, 6.07) is 0. The van der Waals surface area contributed by atoms with E-state index in [-0.39, 0.29) is 11.9 Å². The molecule has 3 atom stereocenters. The minimum Gasteiger partial charge on any atom is -0.378 e. The predicted molar refractivity (Wildman–Crippen MR) is 79.0 cm³/mol. The van der Waals surface area contributed by atoms with Gasteiger partial charge in [-0.3, -0.25) is 4.79 Å². The quantitative estimate of drug-likeness (QED) is 0.791. The van der Waals surface area contributed by atoms with E-state index in [0.29, 0.717) is 5.92 Å². The zero-order valence-electron chi connectivity index (χ0n) is 12.3. The molecule has 0 radical (unpaired) electrons. The van der Waals surface area contributed by atoms with E-state index in [4.69, 9.17) is 4.74 Å². The highest BCUT2D eigenvalue weighted by atomic mass is 16.5. The molecule has 3 unspecified atom stereocenters. The number of nitrogens with zero attached hydrogens (tertiary/aromatic N) is 1. The average Bonchev–Trinajstić information content (AvgIpc) is 2.72. The highest BCUT2D eigenvalue weighted by Crippen LogP contribution is 2.42. The Kier molecular flexibility index (Phi) is 3.55. The summed E-state index contributed by atoms with van der Waals surface area (Å²) in [7, 11) is 0. The summed E-state index contributed by atoms with van der Waals surface area (Å²) in [5, 5.41) is 0. The first-order valence-electron chi connectivity index (χ1n) is 7.70. The van der Waals surface area contributed by atoms with Gasteiger partial charge in [0.1, 0.15) is 5.54 Å². The molecule has 1 saturated carbocycles. The largest absolute Gasteiger partial charge is 0.378 e. The highest BCUT2D eigenvalue weighted by Gasteiger charge is 2.46. The maximum Gasteiger partial charge on any atom is 0.186 e. The van der Waals surface area contributed by atoms with Crippen LogP contribution in [0.5, 0.6) is 0 Å². The summed E-state index contributed by atoms with van der Waals surface area (Å²) >= 11 is 0. The molecule has 2 aliphatic heterocycles. The second-order valence-corrected chi connectivity index (χ2v) is 6.04. The van der Waals surface area contributed by atoms with Crippen molar-refractivity contribution in [2.45, 2.75) is 51.2 Å². The normalized spacial score (nSPS) is 36.2. The van der Waals surface area contributed by atoms with Crippen LogP contribution in [0.4, 0.5) is 0 Å². The molecule has 0 saturated heterocycles. The summed E-state index contributed by atoms with van der Waals surface area (Å²) in [4.78, 5) is 14.6. The van der Waals surface area contributed by atoms with Gasteiger partial charge in [0.2, 0.25) is 0 Å². The molecule has 1 fully saturated rings. The lowest BCUT2D eigenvalue weighted by atomic mass is 9.83. The van der Waals surface area contributed by atoms with E-state index in [1.165, 1.54) is 12.8 Å². The van der Waals surface area contributed by atoms with Crippen LogP contribution in [0.1, 0.15) is 39.5 Å². The molecule has 3 nitrogen and oxygen atoms in total. The number of rotatable bonds is 3. The van der Waals surface area contributed by atoms with Crippen molar-refractivity contribution >= 4 is 5.78 Å². The Bertz CT molecular complexity index is 489. The molecule has 108 valence electrons. The van der Waals surface area contributed by atoms with Crippen molar-refractivity contribution < 1.29 is 9.53 Å². The fourth-order valence-electron chi connectivity index (χ4n) is 3.65. The van der Waals surface area contributed by atoms with E-state index in [1.54, 1.807) is 0 Å². The van der Waals surface area contributed by atoms with Gasteiger partial charge >= 0.3 is 0 Å². The van der Waals surface area contributed by atoms with Crippen molar-refractivity contribution in [3.63, 3.8) is 0 Å². The lowest BCUT2D eigenvalue weighted by Crippen LogP contribution is -2.45. The zero-order valence-corrected chi connectivity index (χ0v) is 12.3. The molecular formula is C17H23NO2. The van der Waals surface area contributed by atoms with Gasteiger partial charge in [-0.25, -0.2) is 0 Å². The summed E-state index contributed by atoms with van der Waals surface area (Å²) in [6.45, 7) is 4.79. The van der Waals surface area contributed by atoms with Crippen LogP contribution >= 0.6 is 0 Å². The monoisotopic (exact) mass is 273 g/mol. The number of carbonyl (C=O) groups excluding carboxylic acids is 1. The van der Waals surface area contributed by atoms with Gasteiger partial charge in [-0.2, -0.15) is 0 Å². The van der Waals surface area contributed by atoms with E-state index in [0.717, 1.165) is 25.1 Å². The van der Waals surface area contributed by atoms with Crippen LogP contribution in [0.15, 0.2) is 36.2 Å². The van der Waals surface area contributed by atoms with Crippen LogP contribution in [0, 0.1) is 5.92 Å². The van der Waals surface area contributed by atoms with Gasteiger partial charge in [-0.05, 0) is 32.8 Å². The number of ketones is 1. The topological polar surface area (TPSA) is 29.5 Å². The van der Waals surface area contributed by atoms with Crippen molar-refractivity contribution in [2.24, 2.45) is 5.92 Å². The summed E-state index contributed by atoms with van der Waals surface area (Å²) in [6.07, 6.45) is 14.8. The maximum absolute atomic E-state index is 12.4. The molecule has 3 aliphatic rings. The predicted octanol–water partition coefficient (Wildman–Crippen LogP) is 3.19. The van der Waals surface area contributed by atoms with Crippen LogP contribution in [-0.2, 0) is 9.53 Å². The second-order valence-electron chi connectivity index (χ2n) is 6.04. The van der Waals surface area contributed by atoms with Crippen molar-refractivity contribution in [2.75, 3.05) is 6.61 Å². The Labute approximate surface area is 121 Å². The van der Waals surface area contributed by atoms with Crippen molar-refractivity contribution in [1.82, 2.24) is 4.90 Å². The maximum atomic E-state index is 12.4. The molecule has 0 amide bonds. The molecule has 1 aliphatic carbocycles. The van der Waals surface area contributed by atoms with E-state index < -0.39 is 5.54 Å². The SMILES string of the molecule is CCOC1CCCCC1C1=CC(=O)C2(C)C=CC=CN12. The minimum atomic E-state index is -0.516. The van der Waals surface area contributed by atoms with E-state index in [1.807, 2.05) is 44.4 Å². The van der Waals surface area contributed by atoms with E-state index >= 15 is 0 Å². The van der Waals surface area contributed by atoms with Gasteiger partial charge in [0.25, 0.3) is 0 Å². The molecule has 0 bridgehead atoms. The van der Waals surface area contributed by atoms with Crippen LogP contribution in [0.2, 0.25) is 0 Å². The lowest BCUT2D eigenvalue weighted by Gasteiger charge is -2.40. The van der Waals surface area contributed by atoms with Crippen LogP contribution in [-0.4, -0.2) is 28.9 Å². The fraction of sp³-hybridized carbons (Fsp3) is 0.588. The first-order valence-corrected chi connectivity index (χ1v) is 7.70. The highest BCUT2D eigenvalue weighted by molar-refractivity contribution is 6.03. The van der Waals surface area contributed by atoms with E-state index in [9.17, 15) is 4.79 Å². The van der Waals surface area contributed by atoms with Gasteiger partial charge in [0, 0.05) is 30.5 Å². The standard InChI is InChI=1S/C17H23NO2/c1-3-20-15-9-5-4-8-13(15)14-12-16(19)17(2)10-6-7-11-18(14)17/h6-7,10-13,15H,3-5,8-9H2,1-2H3. The molecule has 0 aromatic heterocycles. The van der Waals surface area contributed by atoms with Crippen LogP contribution in [0.25, 0.3) is 0 Å². The smallest absolute Gasteiger partial charge is 0.186 e. The molecule has 0 N–H and O–H groups in total. The van der Waals surface area contributed by atoms with Gasteiger partial charge in [-0.1, -0.05) is 25.0 Å². The number of ether oxygens (including phenoxy) is 1. The minimum absolute atomic E-state index is 0.189. The molecule has 0 aromatic rings. The van der Waals surface area contributed by atoms with Crippen LogP contribution < -0.4 is 0 Å². The molecule has 0 aromatic carbocycles. The third-order valence-corrected chi connectivity index (χ3v) is 4.79. The summed E-state index contributed by atoms with van der Waals surface area (Å²) in [5.74, 6) is 0.541. The molecule has 20 heavy (non-hydrogen) atoms. The molecule has 3 heteroatoms. The Morgan fingerprint density at radius 2 is 2.15 bits per heavy atom. The Morgan fingerprint density at radius 3 is 2.95 bits per heavy atom. The molecule has 3 rings (SSSR count). The van der Waals surface area contributed by atoms with E-state index in [2.05, 4.69) is 4.90 Å². The molecule has 0 spiro atoms. The third-order valence-electron chi connectivity index (χ3n) is 4.79. The second kappa shape index (κ2) is 5.21. The Balaban J connectivity index is 1.89. The number of hydrogen-bond donors (Lipinski definition) is 0. The fourth-order valence-corrected chi connectivity index (χ4v) is 3.65. The average molecular weight is 273 g/mol. The van der Waals surface area contributed by atoms with Crippen molar-refractivity contribution in [1.29, 1.82) is 0 Å². The Hall–Kier alpha value is -1.35. The van der Waals surface area contributed by atoms with Gasteiger partial charge in [-0.15, -0.1) is 0 Å². The first-order chi connectivity index (χ1) is 9.66. The summed E-state index contributed by atoms with van der Waals surface area (Å²) in [5.41, 5.74) is 0.634. The third kappa shape index (κ3) is 2.05. The number of hydrogen-bond acceptors (Lipinski definition) is 3. The number of carbonyl (C=O) groups is 1. The number of allylic oxidation sites excluding steroid dienone is 2. The van der Waals surface area contributed by atoms with Crippen molar-refractivity contribution in [3.8, 4) is 0 Å². The lowest BCUT2D eigenvalue weighted by molar-refractivity contribution is -0.119. The number of fused-ring (bicyclic) bond motifs is 1. The summed E-state index contributed by atoms with van der Waals surface area (Å²) < 4.78 is 5.93. The first kappa shape index (κ1) is 13.6.